The van der Waals surface area contributed by atoms with E-state index >= 15 is 0 Å². The first-order valence-corrected chi connectivity index (χ1v) is 10.5. The van der Waals surface area contributed by atoms with E-state index in [1.165, 1.54) is 20.0 Å². The van der Waals surface area contributed by atoms with E-state index in [-0.39, 0.29) is 0 Å². The summed E-state index contributed by atoms with van der Waals surface area (Å²) in [5, 5.41) is 8.18. The van der Waals surface area contributed by atoms with Crippen molar-refractivity contribution in [2.75, 3.05) is 12.4 Å². The van der Waals surface area contributed by atoms with Gasteiger partial charge in [0.25, 0.3) is 5.91 Å². The number of rotatable bonds is 5. The zero-order chi connectivity index (χ0) is 22.1. The van der Waals surface area contributed by atoms with E-state index in [1.807, 2.05) is 10.9 Å². The number of anilines is 1. The van der Waals surface area contributed by atoms with Gasteiger partial charge in [-0.05, 0) is 43.6 Å². The Labute approximate surface area is 179 Å². The molecular weight excluding hydrogens is 402 g/mol. The van der Waals surface area contributed by atoms with Gasteiger partial charge in [-0.25, -0.2) is 13.8 Å². The topological polar surface area (TPSA) is 69.0 Å². The Balaban J connectivity index is 1.58. The lowest BCUT2D eigenvalue weighted by Gasteiger charge is -2.30. The van der Waals surface area contributed by atoms with Gasteiger partial charge in [-0.2, -0.15) is 5.10 Å². The highest BCUT2D eigenvalue weighted by atomic mass is 19.1. The van der Waals surface area contributed by atoms with Crippen molar-refractivity contribution in [3.05, 3.63) is 47.9 Å². The number of pyridine rings is 1. The summed E-state index contributed by atoms with van der Waals surface area (Å²) in [7, 11) is 1.48. The highest BCUT2D eigenvalue weighted by Gasteiger charge is 2.25. The first-order chi connectivity index (χ1) is 14.9. The largest absolute Gasteiger partial charge is 0.494 e. The summed E-state index contributed by atoms with van der Waals surface area (Å²) in [5.74, 6) is -0.783. The molecule has 1 amide bonds. The standard InChI is InChI=1S/C23H26F2N4O2/c1-13(2)14-4-6-17(7-5-14)29-12-15-8-20(21(31-3)10-19(15)28-29)27-23(30)22-18(25)9-16(24)11-26-22/h8-14,17H,4-7H2,1-3H3,(H,27,30)/t14-,17-. The van der Waals surface area contributed by atoms with Gasteiger partial charge in [0.1, 0.15) is 11.6 Å². The molecule has 0 aliphatic heterocycles. The summed E-state index contributed by atoms with van der Waals surface area (Å²) in [6.45, 7) is 4.56. The quantitative estimate of drug-likeness (QED) is 0.594. The van der Waals surface area contributed by atoms with Crippen LogP contribution in [0.5, 0.6) is 5.75 Å². The summed E-state index contributed by atoms with van der Waals surface area (Å²) in [6.07, 6.45) is 7.34. The van der Waals surface area contributed by atoms with Crippen LogP contribution >= 0.6 is 0 Å². The average Bonchev–Trinajstić information content (AvgIpc) is 3.16. The molecule has 1 saturated carbocycles. The molecule has 0 bridgehead atoms. The molecule has 2 aromatic heterocycles. The molecule has 8 heteroatoms. The van der Waals surface area contributed by atoms with Gasteiger partial charge in [0.05, 0.1) is 30.6 Å². The number of nitrogens with one attached hydrogen (secondary N) is 1. The van der Waals surface area contributed by atoms with Crippen LogP contribution in [-0.4, -0.2) is 27.8 Å². The Morgan fingerprint density at radius 2 is 1.94 bits per heavy atom. The number of carbonyl (C=O) groups is 1. The van der Waals surface area contributed by atoms with Gasteiger partial charge in [0.15, 0.2) is 11.5 Å². The van der Waals surface area contributed by atoms with Gasteiger partial charge >= 0.3 is 0 Å². The van der Waals surface area contributed by atoms with Crippen LogP contribution in [-0.2, 0) is 0 Å². The fourth-order valence-corrected chi connectivity index (χ4v) is 4.32. The molecule has 0 spiro atoms. The lowest BCUT2D eigenvalue weighted by atomic mass is 9.80. The van der Waals surface area contributed by atoms with Crippen molar-refractivity contribution in [2.45, 2.75) is 45.6 Å². The molecule has 0 unspecified atom stereocenters. The van der Waals surface area contributed by atoms with Crippen molar-refractivity contribution in [1.29, 1.82) is 0 Å². The smallest absolute Gasteiger partial charge is 0.277 e. The van der Waals surface area contributed by atoms with Crippen molar-refractivity contribution < 1.29 is 18.3 Å². The summed E-state index contributed by atoms with van der Waals surface area (Å²) in [4.78, 5) is 16.0. The maximum absolute atomic E-state index is 13.9. The van der Waals surface area contributed by atoms with E-state index in [0.717, 1.165) is 35.9 Å². The third kappa shape index (κ3) is 4.38. The molecule has 2 heterocycles. The maximum atomic E-state index is 13.9. The molecule has 1 aliphatic carbocycles. The predicted octanol–water partition coefficient (Wildman–Crippen LogP) is 5.36. The van der Waals surface area contributed by atoms with Crippen LogP contribution in [0.15, 0.2) is 30.6 Å². The molecule has 31 heavy (non-hydrogen) atoms. The molecular formula is C23H26F2N4O2. The van der Waals surface area contributed by atoms with Crippen LogP contribution in [0.2, 0.25) is 0 Å². The number of nitrogens with zero attached hydrogens (tertiary/aromatic N) is 3. The van der Waals surface area contributed by atoms with Gasteiger partial charge < -0.3 is 10.1 Å². The van der Waals surface area contributed by atoms with Crippen molar-refractivity contribution >= 4 is 22.5 Å². The molecule has 1 N–H and O–H groups in total. The molecule has 3 aromatic rings. The van der Waals surface area contributed by atoms with E-state index in [1.54, 1.807) is 12.1 Å². The number of hydrogen-bond donors (Lipinski definition) is 1. The van der Waals surface area contributed by atoms with Gasteiger partial charge in [-0.3, -0.25) is 9.48 Å². The highest BCUT2D eigenvalue weighted by molar-refractivity contribution is 6.05. The molecule has 1 fully saturated rings. The average molecular weight is 428 g/mol. The van der Waals surface area contributed by atoms with Crippen LogP contribution in [0.25, 0.3) is 10.9 Å². The van der Waals surface area contributed by atoms with Crippen LogP contribution in [0, 0.1) is 23.5 Å². The fraction of sp³-hybridized carbons (Fsp3) is 0.435. The number of methoxy groups -OCH3 is 1. The van der Waals surface area contributed by atoms with Gasteiger partial charge in [0, 0.05) is 23.7 Å². The fourth-order valence-electron chi connectivity index (χ4n) is 4.32. The first kappa shape index (κ1) is 21.2. The minimum absolute atomic E-state index is 0.351. The van der Waals surface area contributed by atoms with E-state index in [2.05, 4.69) is 24.1 Å². The third-order valence-electron chi connectivity index (χ3n) is 6.17. The van der Waals surface area contributed by atoms with Gasteiger partial charge in [-0.15, -0.1) is 0 Å². The van der Waals surface area contributed by atoms with E-state index in [0.29, 0.717) is 29.5 Å². The van der Waals surface area contributed by atoms with Crippen LogP contribution < -0.4 is 10.1 Å². The lowest BCUT2D eigenvalue weighted by Crippen LogP contribution is -2.21. The van der Waals surface area contributed by atoms with Gasteiger partial charge in [-0.1, -0.05) is 13.8 Å². The molecule has 0 atom stereocenters. The molecule has 0 saturated heterocycles. The zero-order valence-electron chi connectivity index (χ0n) is 17.9. The Hall–Kier alpha value is -3.03. The highest BCUT2D eigenvalue weighted by Crippen LogP contribution is 2.37. The lowest BCUT2D eigenvalue weighted by molar-refractivity contribution is 0.101. The summed E-state index contributed by atoms with van der Waals surface area (Å²) in [6, 6.07) is 4.47. The Morgan fingerprint density at radius 3 is 2.58 bits per heavy atom. The van der Waals surface area contributed by atoms with Crippen molar-refractivity contribution in [2.24, 2.45) is 11.8 Å². The monoisotopic (exact) mass is 428 g/mol. The minimum atomic E-state index is -1.03. The van der Waals surface area contributed by atoms with Crippen LogP contribution in [0.1, 0.15) is 56.1 Å². The molecule has 1 aliphatic rings. The second kappa shape index (κ2) is 8.61. The molecule has 1 aromatic carbocycles. The number of ether oxygens (including phenoxy) is 1. The minimum Gasteiger partial charge on any atom is -0.494 e. The predicted molar refractivity (Wildman–Crippen MR) is 114 cm³/mol. The first-order valence-electron chi connectivity index (χ1n) is 10.5. The van der Waals surface area contributed by atoms with E-state index in [9.17, 15) is 13.6 Å². The van der Waals surface area contributed by atoms with Crippen molar-refractivity contribution in [3.8, 4) is 5.75 Å². The molecule has 4 rings (SSSR count). The number of hydrogen-bond acceptors (Lipinski definition) is 4. The Bertz CT molecular complexity index is 1100. The number of benzene rings is 1. The molecule has 6 nitrogen and oxygen atoms in total. The summed E-state index contributed by atoms with van der Waals surface area (Å²) < 4.78 is 34.4. The van der Waals surface area contributed by atoms with Gasteiger partial charge in [0.2, 0.25) is 0 Å². The normalized spacial score (nSPS) is 19.0. The second-order valence-corrected chi connectivity index (χ2v) is 8.47. The van der Waals surface area contributed by atoms with Crippen LogP contribution in [0.4, 0.5) is 14.5 Å². The van der Waals surface area contributed by atoms with Crippen molar-refractivity contribution in [3.63, 3.8) is 0 Å². The number of fused-ring (bicyclic) bond motifs is 1. The van der Waals surface area contributed by atoms with E-state index < -0.39 is 23.2 Å². The number of aromatic nitrogens is 3. The zero-order valence-corrected chi connectivity index (χ0v) is 17.9. The number of halogens is 2. The third-order valence-corrected chi connectivity index (χ3v) is 6.17. The molecule has 0 radical (unpaired) electrons. The number of amides is 1. The summed E-state index contributed by atoms with van der Waals surface area (Å²) in [5.41, 5.74) is 0.640. The summed E-state index contributed by atoms with van der Waals surface area (Å²) >= 11 is 0. The number of carbonyl (C=O) groups excluding carboxylic acids is 1. The Kier molecular flexibility index (Phi) is 5.89. The SMILES string of the molecule is COc1cc2nn([C@H]3CC[C@H](C(C)C)CC3)cc2cc1NC(=O)c1ncc(F)cc1F. The molecule has 164 valence electrons. The second-order valence-electron chi connectivity index (χ2n) is 8.47. The maximum Gasteiger partial charge on any atom is 0.277 e. The van der Waals surface area contributed by atoms with Crippen LogP contribution in [0.3, 0.4) is 0 Å². The van der Waals surface area contributed by atoms with E-state index in [4.69, 9.17) is 9.84 Å². The Morgan fingerprint density at radius 1 is 1.19 bits per heavy atom. The van der Waals surface area contributed by atoms with Crippen molar-refractivity contribution in [1.82, 2.24) is 14.8 Å².